The van der Waals surface area contributed by atoms with Gasteiger partial charge in [0.1, 0.15) is 0 Å². The lowest BCUT2D eigenvalue weighted by atomic mass is 10.2. The average molecular weight is 378 g/mol. The second-order valence-electron chi connectivity index (χ2n) is 6.44. The number of methoxy groups -OCH3 is 1. The smallest absolute Gasteiger partial charge is 0.347 e. The van der Waals surface area contributed by atoms with Crippen molar-refractivity contribution in [3.63, 3.8) is 0 Å². The minimum absolute atomic E-state index is 0.0851. The first kappa shape index (κ1) is 24.8. The second kappa shape index (κ2) is 14.9. The molecule has 0 radical (unpaired) electrons. The first-order valence-corrected chi connectivity index (χ1v) is 9.70. The van der Waals surface area contributed by atoms with E-state index in [0.29, 0.717) is 19.8 Å². The number of nitrogens with zero attached hydrogens (tertiary/aromatic N) is 1. The summed E-state index contributed by atoms with van der Waals surface area (Å²) >= 11 is 0. The first-order chi connectivity index (χ1) is 12.4. The van der Waals surface area contributed by atoms with E-state index in [1.165, 1.54) is 5.23 Å². The molecule has 7 nitrogen and oxygen atoms in total. The molecule has 0 bridgehead atoms. The molecule has 0 aliphatic rings. The minimum Gasteiger partial charge on any atom is -0.471 e. The molecule has 1 unspecified atom stereocenters. The Hall–Kier alpha value is -1.18. The molecule has 156 valence electrons. The quantitative estimate of drug-likeness (QED) is 0.169. The van der Waals surface area contributed by atoms with Crippen molar-refractivity contribution in [2.45, 2.75) is 80.1 Å². The van der Waals surface area contributed by atoms with Crippen LogP contribution >= 0.6 is 0 Å². The van der Waals surface area contributed by atoms with Gasteiger partial charge in [0.2, 0.25) is 0 Å². The van der Waals surface area contributed by atoms with Crippen LogP contribution in [-0.2, 0) is 28.6 Å². The zero-order chi connectivity index (χ0) is 19.9. The van der Waals surface area contributed by atoms with E-state index in [1.807, 2.05) is 41.5 Å². The van der Waals surface area contributed by atoms with E-state index in [9.17, 15) is 0 Å². The molecule has 0 aliphatic heterocycles. The summed E-state index contributed by atoms with van der Waals surface area (Å²) in [5.41, 5.74) is 0. The van der Waals surface area contributed by atoms with Crippen LogP contribution in [0, 0.1) is 5.92 Å². The maximum Gasteiger partial charge on any atom is 0.347 e. The van der Waals surface area contributed by atoms with Crippen LogP contribution in [0.3, 0.4) is 0 Å². The fraction of sp³-hybridized carbons (Fsp3) is 0.895. The maximum absolute atomic E-state index is 5.91. The fourth-order valence-corrected chi connectivity index (χ4v) is 1.84. The highest BCUT2D eigenvalue weighted by Crippen LogP contribution is 2.21. The van der Waals surface area contributed by atoms with E-state index >= 15 is 0 Å². The molecule has 0 rings (SSSR count). The van der Waals surface area contributed by atoms with Crippen LogP contribution in [-0.4, -0.2) is 44.6 Å². The van der Waals surface area contributed by atoms with Crippen molar-refractivity contribution in [1.29, 1.82) is 0 Å². The third kappa shape index (κ3) is 10.1. The van der Waals surface area contributed by atoms with Crippen LogP contribution in [0.2, 0.25) is 0 Å². The molecule has 0 spiro atoms. The Morgan fingerprint density at radius 3 is 2.08 bits per heavy atom. The third-order valence-electron chi connectivity index (χ3n) is 3.08. The molecule has 0 saturated carbocycles. The maximum atomic E-state index is 5.91. The highest BCUT2D eigenvalue weighted by Gasteiger charge is 2.27. The predicted molar refractivity (Wildman–Crippen MR) is 101 cm³/mol. The van der Waals surface area contributed by atoms with Crippen molar-refractivity contribution >= 4 is 0 Å². The number of hydroxylamine groups is 2. The second-order valence-corrected chi connectivity index (χ2v) is 6.44. The van der Waals surface area contributed by atoms with Crippen LogP contribution in [0.15, 0.2) is 11.8 Å². The van der Waals surface area contributed by atoms with Crippen LogP contribution in [0.4, 0.5) is 0 Å². The lowest BCUT2D eigenvalue weighted by Gasteiger charge is -2.30. The van der Waals surface area contributed by atoms with Crippen molar-refractivity contribution in [3.05, 3.63) is 11.8 Å². The largest absolute Gasteiger partial charge is 0.471 e. The van der Waals surface area contributed by atoms with Gasteiger partial charge in [-0.05, 0) is 33.6 Å². The molecule has 0 aromatic carbocycles. The van der Waals surface area contributed by atoms with Crippen LogP contribution in [0.5, 0.6) is 0 Å². The number of ether oxygens (including phenoxy) is 4. The van der Waals surface area contributed by atoms with Crippen molar-refractivity contribution in [2.75, 3.05) is 26.9 Å². The zero-order valence-electron chi connectivity index (χ0n) is 17.9. The average Bonchev–Trinajstić information content (AvgIpc) is 2.59. The van der Waals surface area contributed by atoms with Gasteiger partial charge in [-0.2, -0.15) is 0 Å². The van der Waals surface area contributed by atoms with Gasteiger partial charge >= 0.3 is 11.8 Å². The van der Waals surface area contributed by atoms with Gasteiger partial charge in [-0.15, -0.1) is 0 Å². The van der Waals surface area contributed by atoms with Crippen LogP contribution in [0.25, 0.3) is 0 Å². The Kier molecular flexibility index (Phi) is 14.3. The van der Waals surface area contributed by atoms with Gasteiger partial charge in [-0.25, -0.2) is 9.68 Å². The summed E-state index contributed by atoms with van der Waals surface area (Å²) in [6, 6.07) is 0. The minimum atomic E-state index is -0.501. The molecule has 0 saturated heterocycles. The summed E-state index contributed by atoms with van der Waals surface area (Å²) < 4.78 is 22.8. The van der Waals surface area contributed by atoms with Crippen molar-refractivity contribution < 1.29 is 28.6 Å². The molecule has 0 heterocycles. The molecular weight excluding hydrogens is 338 g/mol. The Morgan fingerprint density at radius 2 is 1.62 bits per heavy atom. The van der Waals surface area contributed by atoms with Gasteiger partial charge in [0, 0.05) is 13.0 Å². The van der Waals surface area contributed by atoms with E-state index in [-0.39, 0.29) is 23.9 Å². The molecule has 0 amide bonds. The molecule has 1 atom stereocenters. The van der Waals surface area contributed by atoms with Crippen molar-refractivity contribution in [2.24, 2.45) is 5.92 Å². The predicted octanol–water partition coefficient (Wildman–Crippen LogP) is 4.59. The molecule has 0 aromatic rings. The molecular formula is C19H39NO6. The van der Waals surface area contributed by atoms with E-state index in [4.69, 9.17) is 28.6 Å². The third-order valence-corrected chi connectivity index (χ3v) is 3.08. The van der Waals surface area contributed by atoms with E-state index in [2.05, 4.69) is 6.92 Å². The van der Waals surface area contributed by atoms with Gasteiger partial charge in [-0.1, -0.05) is 39.3 Å². The monoisotopic (exact) mass is 377 g/mol. The Bertz CT molecular complexity index is 373. The summed E-state index contributed by atoms with van der Waals surface area (Å²) in [4.78, 5) is 11.7. The molecule has 26 heavy (non-hydrogen) atoms. The van der Waals surface area contributed by atoms with Gasteiger partial charge in [0.15, 0.2) is 6.29 Å². The van der Waals surface area contributed by atoms with Gasteiger partial charge in [-0.3, -0.25) is 0 Å². The van der Waals surface area contributed by atoms with Crippen LogP contribution < -0.4 is 0 Å². The lowest BCUT2D eigenvalue weighted by Crippen LogP contribution is -2.36. The topological polar surface area (TPSA) is 58.6 Å². The first-order valence-electron chi connectivity index (χ1n) is 9.70. The number of rotatable bonds is 16. The summed E-state index contributed by atoms with van der Waals surface area (Å²) in [6.45, 7) is 15.2. The van der Waals surface area contributed by atoms with E-state index in [1.54, 1.807) is 7.11 Å². The normalized spacial score (nSPS) is 13.6. The van der Waals surface area contributed by atoms with Crippen LogP contribution in [0.1, 0.15) is 67.7 Å². The summed E-state index contributed by atoms with van der Waals surface area (Å²) in [7, 11) is 1.60. The Labute approximate surface area is 159 Å². The number of unbranched alkanes of at least 4 members (excludes halogenated alkanes) is 1. The Morgan fingerprint density at radius 1 is 0.923 bits per heavy atom. The standard InChI is InChI=1S/C19H39NO6/c1-9-12-14-24-20(26-18(21-8)15(4)5)17(22-11-3)19(23-13-10-2)25-16(6)7/h15-16,18H,9-14H2,1-8H3. The number of hydrogen-bond acceptors (Lipinski definition) is 7. The molecule has 0 aromatic heterocycles. The SMILES string of the molecule is CCCCON(OC(OC)C(C)C)C(OCC)=C(OCCC)OC(C)C. The molecule has 0 aliphatic carbocycles. The van der Waals surface area contributed by atoms with E-state index in [0.717, 1.165) is 19.3 Å². The van der Waals surface area contributed by atoms with Gasteiger partial charge in [0.25, 0.3) is 0 Å². The fourth-order valence-electron chi connectivity index (χ4n) is 1.84. The summed E-state index contributed by atoms with van der Waals surface area (Å²) in [6.07, 6.45) is 2.14. The lowest BCUT2D eigenvalue weighted by molar-refractivity contribution is -0.420. The zero-order valence-corrected chi connectivity index (χ0v) is 17.9. The molecule has 0 fully saturated rings. The van der Waals surface area contributed by atoms with Crippen molar-refractivity contribution in [3.8, 4) is 0 Å². The number of hydrogen-bond donors (Lipinski definition) is 0. The summed E-state index contributed by atoms with van der Waals surface area (Å²) in [5.74, 6) is 0.624. The molecule has 7 heteroatoms. The molecule has 0 N–H and O–H groups in total. The summed E-state index contributed by atoms with van der Waals surface area (Å²) in [5, 5.41) is 1.24. The van der Waals surface area contributed by atoms with E-state index < -0.39 is 6.29 Å². The van der Waals surface area contributed by atoms with Gasteiger partial charge < -0.3 is 18.9 Å². The highest BCUT2D eigenvalue weighted by molar-refractivity contribution is 4.91. The Balaban J connectivity index is 5.67. The van der Waals surface area contributed by atoms with Gasteiger partial charge in [0.05, 0.1) is 25.9 Å². The van der Waals surface area contributed by atoms with Crippen molar-refractivity contribution in [1.82, 2.24) is 5.23 Å². The highest BCUT2D eigenvalue weighted by atomic mass is 17.0.